The van der Waals surface area contributed by atoms with Gasteiger partial charge in [0.25, 0.3) is 0 Å². The highest BCUT2D eigenvalue weighted by atomic mass is 35.5. The maximum absolute atomic E-state index is 12.1. The summed E-state index contributed by atoms with van der Waals surface area (Å²) in [5.41, 5.74) is 2.76. The second-order valence-corrected chi connectivity index (χ2v) is 5.48. The van der Waals surface area contributed by atoms with Crippen molar-refractivity contribution in [2.24, 2.45) is 0 Å². The minimum atomic E-state index is 0.108. The Kier molecular flexibility index (Phi) is 3.10. The first-order valence-corrected chi connectivity index (χ1v) is 7.05. The molecule has 0 fully saturated rings. The molecular weight excluding hydrogens is 268 g/mol. The van der Waals surface area contributed by atoms with Gasteiger partial charge in [0.1, 0.15) is 5.75 Å². The van der Waals surface area contributed by atoms with Crippen molar-refractivity contribution >= 4 is 28.7 Å². The average Bonchev–Trinajstić information content (AvgIpc) is 2.98. The molecule has 0 N–H and O–H groups in total. The van der Waals surface area contributed by atoms with Crippen LogP contribution in [0, 0.1) is 0 Å². The molecule has 0 radical (unpaired) electrons. The van der Waals surface area contributed by atoms with Crippen LogP contribution in [0.1, 0.15) is 21.5 Å². The quantitative estimate of drug-likeness (QED) is 0.799. The largest absolute Gasteiger partial charge is 0.493 e. The van der Waals surface area contributed by atoms with E-state index >= 15 is 0 Å². The van der Waals surface area contributed by atoms with Crippen molar-refractivity contribution in [2.45, 2.75) is 12.8 Å². The SMILES string of the molecule is O=C(Cc1cc(Cl)cc2c1OCC2)c1ccsc1. The number of thiophene rings is 1. The lowest BCUT2D eigenvalue weighted by Crippen LogP contribution is -2.03. The monoisotopic (exact) mass is 278 g/mol. The molecule has 0 bridgehead atoms. The number of carbonyl (C=O) groups excluding carboxylic acids is 1. The van der Waals surface area contributed by atoms with Gasteiger partial charge in [0, 0.05) is 34.4 Å². The van der Waals surface area contributed by atoms with Crippen LogP contribution in [0.15, 0.2) is 29.0 Å². The number of Topliss-reactive ketones (excluding diaryl/α,β-unsaturated/α-hetero) is 1. The zero-order valence-corrected chi connectivity index (χ0v) is 11.2. The molecular formula is C14H11ClO2S. The van der Waals surface area contributed by atoms with Gasteiger partial charge in [0.15, 0.2) is 5.78 Å². The minimum Gasteiger partial charge on any atom is -0.493 e. The van der Waals surface area contributed by atoms with Crippen LogP contribution in [0.5, 0.6) is 5.75 Å². The van der Waals surface area contributed by atoms with E-state index in [-0.39, 0.29) is 5.78 Å². The first-order chi connectivity index (χ1) is 8.74. The molecule has 0 atom stereocenters. The molecule has 4 heteroatoms. The van der Waals surface area contributed by atoms with Gasteiger partial charge in [-0.1, -0.05) is 11.6 Å². The lowest BCUT2D eigenvalue weighted by Gasteiger charge is -2.07. The Morgan fingerprint density at radius 3 is 3.11 bits per heavy atom. The van der Waals surface area contributed by atoms with Crippen LogP contribution in [-0.4, -0.2) is 12.4 Å². The Hall–Kier alpha value is -1.32. The third kappa shape index (κ3) is 2.16. The molecule has 2 aromatic rings. The van der Waals surface area contributed by atoms with Crippen LogP contribution in [-0.2, 0) is 12.8 Å². The Morgan fingerprint density at radius 1 is 1.44 bits per heavy atom. The van der Waals surface area contributed by atoms with E-state index in [1.165, 1.54) is 11.3 Å². The summed E-state index contributed by atoms with van der Waals surface area (Å²) in [4.78, 5) is 12.1. The molecule has 2 nitrogen and oxygen atoms in total. The van der Waals surface area contributed by atoms with Crippen LogP contribution >= 0.6 is 22.9 Å². The summed E-state index contributed by atoms with van der Waals surface area (Å²) < 4.78 is 5.59. The Bertz CT molecular complexity index is 590. The first kappa shape index (κ1) is 11.8. The number of ether oxygens (including phenoxy) is 1. The van der Waals surface area contributed by atoms with Crippen LogP contribution in [0.4, 0.5) is 0 Å². The number of hydrogen-bond donors (Lipinski definition) is 0. The van der Waals surface area contributed by atoms with Crippen molar-refractivity contribution in [3.05, 3.63) is 50.7 Å². The number of fused-ring (bicyclic) bond motifs is 1. The molecule has 1 aromatic carbocycles. The average molecular weight is 279 g/mol. The van der Waals surface area contributed by atoms with Crippen molar-refractivity contribution in [3.63, 3.8) is 0 Å². The van der Waals surface area contributed by atoms with Crippen molar-refractivity contribution in [1.29, 1.82) is 0 Å². The Balaban J connectivity index is 1.91. The van der Waals surface area contributed by atoms with E-state index in [9.17, 15) is 4.79 Å². The number of benzene rings is 1. The second kappa shape index (κ2) is 4.75. The zero-order valence-electron chi connectivity index (χ0n) is 9.61. The summed E-state index contributed by atoms with van der Waals surface area (Å²) in [6.07, 6.45) is 1.22. The highest BCUT2D eigenvalue weighted by Gasteiger charge is 2.19. The van der Waals surface area contributed by atoms with Crippen LogP contribution in [0.2, 0.25) is 5.02 Å². The predicted octanol–water partition coefficient (Wildman–Crippen LogP) is 3.76. The van der Waals surface area contributed by atoms with Crippen LogP contribution in [0.25, 0.3) is 0 Å². The fourth-order valence-electron chi connectivity index (χ4n) is 2.18. The van der Waals surface area contributed by atoms with E-state index < -0.39 is 0 Å². The standard InChI is InChI=1S/C14H11ClO2S/c15-12-5-9-1-3-17-14(9)11(6-12)7-13(16)10-2-4-18-8-10/h2,4-6,8H,1,3,7H2. The highest BCUT2D eigenvalue weighted by molar-refractivity contribution is 7.08. The molecule has 0 spiro atoms. The fraction of sp³-hybridized carbons (Fsp3) is 0.214. The maximum atomic E-state index is 12.1. The Labute approximate surface area is 114 Å². The highest BCUT2D eigenvalue weighted by Crippen LogP contribution is 2.33. The van der Waals surface area contributed by atoms with E-state index in [2.05, 4.69) is 0 Å². The lowest BCUT2D eigenvalue weighted by atomic mass is 10.0. The van der Waals surface area contributed by atoms with E-state index in [1.54, 1.807) is 0 Å². The topological polar surface area (TPSA) is 26.3 Å². The third-order valence-corrected chi connectivity index (χ3v) is 3.92. The maximum Gasteiger partial charge on any atom is 0.168 e. The van der Waals surface area contributed by atoms with Gasteiger partial charge >= 0.3 is 0 Å². The summed E-state index contributed by atoms with van der Waals surface area (Å²) in [7, 11) is 0. The zero-order chi connectivity index (χ0) is 12.5. The van der Waals surface area contributed by atoms with E-state index in [0.29, 0.717) is 18.1 Å². The van der Waals surface area contributed by atoms with Gasteiger partial charge in [-0.05, 0) is 29.1 Å². The van der Waals surface area contributed by atoms with E-state index in [1.807, 2.05) is 29.0 Å². The molecule has 1 aromatic heterocycles. The number of ketones is 1. The Morgan fingerprint density at radius 2 is 2.33 bits per heavy atom. The predicted molar refractivity (Wildman–Crippen MR) is 73.0 cm³/mol. The van der Waals surface area contributed by atoms with Crippen molar-refractivity contribution < 1.29 is 9.53 Å². The van der Waals surface area contributed by atoms with E-state index in [4.69, 9.17) is 16.3 Å². The smallest absolute Gasteiger partial charge is 0.168 e. The lowest BCUT2D eigenvalue weighted by molar-refractivity contribution is 0.0992. The fourth-order valence-corrected chi connectivity index (χ4v) is 3.10. The van der Waals surface area contributed by atoms with Gasteiger partial charge in [-0.3, -0.25) is 4.79 Å². The van der Waals surface area contributed by atoms with Crippen molar-refractivity contribution in [2.75, 3.05) is 6.61 Å². The summed E-state index contributed by atoms with van der Waals surface area (Å²) in [6, 6.07) is 5.59. The number of carbonyl (C=O) groups is 1. The van der Waals surface area contributed by atoms with Gasteiger partial charge in [-0.15, -0.1) is 0 Å². The molecule has 92 valence electrons. The third-order valence-electron chi connectivity index (χ3n) is 3.02. The first-order valence-electron chi connectivity index (χ1n) is 5.73. The van der Waals surface area contributed by atoms with Gasteiger partial charge in [-0.25, -0.2) is 0 Å². The molecule has 3 rings (SSSR count). The summed E-state index contributed by atoms with van der Waals surface area (Å²) in [5, 5.41) is 4.45. The molecule has 0 amide bonds. The molecule has 0 aliphatic carbocycles. The van der Waals surface area contributed by atoms with Crippen LogP contribution < -0.4 is 4.74 Å². The van der Waals surface area contributed by atoms with E-state index in [0.717, 1.165) is 28.9 Å². The normalized spacial score (nSPS) is 13.2. The summed E-state index contributed by atoms with van der Waals surface area (Å²) in [6.45, 7) is 0.676. The molecule has 18 heavy (non-hydrogen) atoms. The van der Waals surface area contributed by atoms with Crippen molar-refractivity contribution in [1.82, 2.24) is 0 Å². The number of rotatable bonds is 3. The molecule has 2 heterocycles. The van der Waals surface area contributed by atoms with Gasteiger partial charge in [0.2, 0.25) is 0 Å². The van der Waals surface area contributed by atoms with Gasteiger partial charge in [0.05, 0.1) is 6.61 Å². The van der Waals surface area contributed by atoms with Gasteiger partial charge in [-0.2, -0.15) is 11.3 Å². The minimum absolute atomic E-state index is 0.108. The number of hydrogen-bond acceptors (Lipinski definition) is 3. The molecule has 1 aliphatic rings. The summed E-state index contributed by atoms with van der Waals surface area (Å²) >= 11 is 7.60. The second-order valence-electron chi connectivity index (χ2n) is 4.26. The van der Waals surface area contributed by atoms with Crippen molar-refractivity contribution in [3.8, 4) is 5.75 Å². The molecule has 0 saturated heterocycles. The van der Waals surface area contributed by atoms with Crippen LogP contribution in [0.3, 0.4) is 0 Å². The number of halogens is 1. The molecule has 0 unspecified atom stereocenters. The van der Waals surface area contributed by atoms with Gasteiger partial charge < -0.3 is 4.74 Å². The molecule has 0 saturated carbocycles. The molecule has 1 aliphatic heterocycles. The summed E-state index contributed by atoms with van der Waals surface area (Å²) in [5.74, 6) is 0.958.